The number of hydrogen-bond donors (Lipinski definition) is 0. The van der Waals surface area contributed by atoms with Gasteiger partial charge >= 0.3 is 6.09 Å². The summed E-state index contributed by atoms with van der Waals surface area (Å²) >= 11 is 1.54. The Balaban J connectivity index is 2.05. The first-order valence-corrected chi connectivity index (χ1v) is 7.59. The number of thiophene rings is 1. The van der Waals surface area contributed by atoms with Gasteiger partial charge in [0.25, 0.3) is 0 Å². The summed E-state index contributed by atoms with van der Waals surface area (Å²) in [6.45, 7) is 5.61. The van der Waals surface area contributed by atoms with Crippen LogP contribution >= 0.6 is 11.3 Å². The van der Waals surface area contributed by atoms with Gasteiger partial charge in [0.2, 0.25) is 0 Å². The Morgan fingerprint density at radius 3 is 2.85 bits per heavy atom. The molecule has 1 amide bonds. The van der Waals surface area contributed by atoms with Gasteiger partial charge in [0.1, 0.15) is 16.5 Å². The number of rotatable bonds is 1. The van der Waals surface area contributed by atoms with Gasteiger partial charge in [0.05, 0.1) is 0 Å². The molecular formula is C15H20N2O2S. The fourth-order valence-corrected chi connectivity index (χ4v) is 3.44. The number of nitrogens with zero attached hydrogens (tertiary/aromatic N) is 2. The molecule has 0 fully saturated rings. The standard InChI is InChI=1S/C15H20N2O2S/c1-15(2,3)19-14(18)17(4)11-6-5-10-7-12(9-16)20-13(10)8-11/h7,11H,5-6,8H2,1-4H3. The van der Waals surface area contributed by atoms with Crippen LogP contribution in [-0.2, 0) is 17.6 Å². The topological polar surface area (TPSA) is 53.3 Å². The molecule has 1 aliphatic rings. The van der Waals surface area contributed by atoms with Gasteiger partial charge in [0.15, 0.2) is 0 Å². The van der Waals surface area contributed by atoms with Crippen LogP contribution in [0.3, 0.4) is 0 Å². The summed E-state index contributed by atoms with van der Waals surface area (Å²) in [5, 5.41) is 8.95. The van der Waals surface area contributed by atoms with Crippen molar-refractivity contribution in [1.82, 2.24) is 4.90 Å². The molecule has 5 heteroatoms. The maximum absolute atomic E-state index is 12.1. The van der Waals surface area contributed by atoms with Crippen molar-refractivity contribution in [2.24, 2.45) is 0 Å². The predicted octanol–water partition coefficient (Wildman–Crippen LogP) is 3.34. The third-order valence-corrected chi connectivity index (χ3v) is 4.51. The summed E-state index contributed by atoms with van der Waals surface area (Å²) in [6.07, 6.45) is 2.38. The molecular weight excluding hydrogens is 272 g/mol. The van der Waals surface area contributed by atoms with Crippen LogP contribution in [0.25, 0.3) is 0 Å². The number of likely N-dealkylation sites (N-methyl/N-ethyl adjacent to an activating group) is 1. The number of ether oxygens (including phenoxy) is 1. The lowest BCUT2D eigenvalue weighted by Crippen LogP contribution is -2.43. The number of carbonyl (C=O) groups excluding carboxylic acids is 1. The van der Waals surface area contributed by atoms with E-state index < -0.39 is 5.60 Å². The lowest BCUT2D eigenvalue weighted by molar-refractivity contribution is 0.0211. The molecule has 2 rings (SSSR count). The van der Waals surface area contributed by atoms with E-state index in [-0.39, 0.29) is 12.1 Å². The van der Waals surface area contributed by atoms with Crippen LogP contribution in [0.4, 0.5) is 4.79 Å². The molecule has 108 valence electrons. The van der Waals surface area contributed by atoms with E-state index in [9.17, 15) is 4.79 Å². The first-order valence-electron chi connectivity index (χ1n) is 6.77. The molecule has 0 radical (unpaired) electrons. The summed E-state index contributed by atoms with van der Waals surface area (Å²) in [5.74, 6) is 0. The summed E-state index contributed by atoms with van der Waals surface area (Å²) in [4.78, 5) is 15.8. The van der Waals surface area contributed by atoms with Crippen molar-refractivity contribution in [3.8, 4) is 6.07 Å². The zero-order valence-electron chi connectivity index (χ0n) is 12.4. The maximum atomic E-state index is 12.1. The van der Waals surface area contributed by atoms with Gasteiger partial charge < -0.3 is 9.64 Å². The van der Waals surface area contributed by atoms with Crippen LogP contribution < -0.4 is 0 Å². The normalized spacial score (nSPS) is 18.1. The van der Waals surface area contributed by atoms with Gasteiger partial charge in [-0.3, -0.25) is 0 Å². The van der Waals surface area contributed by atoms with E-state index in [1.807, 2.05) is 26.8 Å². The van der Waals surface area contributed by atoms with Crippen LogP contribution in [0.1, 0.15) is 42.5 Å². The van der Waals surface area contributed by atoms with Crippen molar-refractivity contribution < 1.29 is 9.53 Å². The molecule has 0 N–H and O–H groups in total. The Hall–Kier alpha value is -1.54. The molecule has 0 saturated carbocycles. The number of carbonyl (C=O) groups is 1. The third kappa shape index (κ3) is 3.31. The Labute approximate surface area is 124 Å². The maximum Gasteiger partial charge on any atom is 0.410 e. The van der Waals surface area contributed by atoms with Crippen molar-refractivity contribution in [2.45, 2.75) is 51.7 Å². The van der Waals surface area contributed by atoms with Crippen LogP contribution in [0.15, 0.2) is 6.07 Å². The molecule has 0 aromatic carbocycles. The lowest BCUT2D eigenvalue weighted by Gasteiger charge is -2.32. The number of amides is 1. The molecule has 1 heterocycles. The zero-order valence-corrected chi connectivity index (χ0v) is 13.2. The van der Waals surface area contributed by atoms with Gasteiger partial charge in [0, 0.05) is 24.4 Å². The molecule has 0 saturated heterocycles. The van der Waals surface area contributed by atoms with Crippen LogP contribution in [0.5, 0.6) is 0 Å². The molecule has 1 aliphatic carbocycles. The van der Waals surface area contributed by atoms with Gasteiger partial charge in [-0.15, -0.1) is 11.3 Å². The van der Waals surface area contributed by atoms with E-state index in [1.165, 1.54) is 10.4 Å². The lowest BCUT2D eigenvalue weighted by atomic mass is 9.94. The predicted molar refractivity (Wildman–Crippen MR) is 78.8 cm³/mol. The first kappa shape index (κ1) is 14.9. The number of fused-ring (bicyclic) bond motifs is 1. The van der Waals surface area contributed by atoms with E-state index in [4.69, 9.17) is 10.00 Å². The molecule has 1 aromatic heterocycles. The highest BCUT2D eigenvalue weighted by Crippen LogP contribution is 2.31. The van der Waals surface area contributed by atoms with Gasteiger partial charge in [-0.25, -0.2) is 4.79 Å². The van der Waals surface area contributed by atoms with Crippen molar-refractivity contribution >= 4 is 17.4 Å². The minimum atomic E-state index is -0.470. The van der Waals surface area contributed by atoms with E-state index in [2.05, 4.69) is 6.07 Å². The molecule has 1 unspecified atom stereocenters. The number of hydrogen-bond acceptors (Lipinski definition) is 4. The highest BCUT2D eigenvalue weighted by atomic mass is 32.1. The average molecular weight is 292 g/mol. The molecule has 1 atom stereocenters. The zero-order chi connectivity index (χ0) is 14.9. The van der Waals surface area contributed by atoms with E-state index in [0.717, 1.165) is 24.1 Å². The molecule has 0 aliphatic heterocycles. The second-order valence-corrected chi connectivity index (χ2v) is 7.30. The Morgan fingerprint density at radius 1 is 1.55 bits per heavy atom. The summed E-state index contributed by atoms with van der Waals surface area (Å²) in [5.41, 5.74) is 0.794. The van der Waals surface area contributed by atoms with Crippen LogP contribution in [0.2, 0.25) is 0 Å². The van der Waals surface area contributed by atoms with Gasteiger partial charge in [-0.1, -0.05) is 0 Å². The molecule has 0 bridgehead atoms. The minimum Gasteiger partial charge on any atom is -0.444 e. The molecule has 0 spiro atoms. The average Bonchev–Trinajstić information content (AvgIpc) is 2.77. The summed E-state index contributed by atoms with van der Waals surface area (Å²) in [6, 6.07) is 4.33. The Bertz CT molecular complexity index is 551. The SMILES string of the molecule is CN(C(=O)OC(C)(C)C)C1CCc2cc(C#N)sc2C1. The smallest absolute Gasteiger partial charge is 0.410 e. The van der Waals surface area contributed by atoms with Gasteiger partial charge in [-0.05, 0) is 45.2 Å². The summed E-state index contributed by atoms with van der Waals surface area (Å²) in [7, 11) is 1.79. The Morgan fingerprint density at radius 2 is 2.25 bits per heavy atom. The van der Waals surface area contributed by atoms with E-state index in [1.54, 1.807) is 23.3 Å². The highest BCUT2D eigenvalue weighted by Gasteiger charge is 2.29. The molecule has 4 nitrogen and oxygen atoms in total. The molecule has 1 aromatic rings. The Kier molecular flexibility index (Phi) is 4.05. The van der Waals surface area contributed by atoms with Crippen molar-refractivity contribution in [3.05, 3.63) is 21.4 Å². The van der Waals surface area contributed by atoms with Crippen molar-refractivity contribution in [2.75, 3.05) is 7.05 Å². The third-order valence-electron chi connectivity index (χ3n) is 3.40. The number of nitriles is 1. The highest BCUT2D eigenvalue weighted by molar-refractivity contribution is 7.12. The van der Waals surface area contributed by atoms with Gasteiger partial charge in [-0.2, -0.15) is 5.26 Å². The van der Waals surface area contributed by atoms with Crippen LogP contribution in [-0.4, -0.2) is 29.7 Å². The second-order valence-electron chi connectivity index (χ2n) is 6.16. The van der Waals surface area contributed by atoms with Crippen molar-refractivity contribution in [3.63, 3.8) is 0 Å². The quantitative estimate of drug-likeness (QED) is 0.797. The van der Waals surface area contributed by atoms with Crippen molar-refractivity contribution in [1.29, 1.82) is 5.26 Å². The largest absolute Gasteiger partial charge is 0.444 e. The second kappa shape index (κ2) is 5.45. The monoisotopic (exact) mass is 292 g/mol. The van der Waals surface area contributed by atoms with Crippen LogP contribution in [0, 0.1) is 11.3 Å². The first-order chi connectivity index (χ1) is 9.30. The fourth-order valence-electron chi connectivity index (χ4n) is 2.36. The van der Waals surface area contributed by atoms with E-state index in [0.29, 0.717) is 0 Å². The van der Waals surface area contributed by atoms with E-state index >= 15 is 0 Å². The minimum absolute atomic E-state index is 0.155. The number of aryl methyl sites for hydroxylation is 1. The molecule has 20 heavy (non-hydrogen) atoms. The fraction of sp³-hybridized carbons (Fsp3) is 0.600. The summed E-state index contributed by atoms with van der Waals surface area (Å²) < 4.78 is 5.41.